The van der Waals surface area contributed by atoms with E-state index in [1.807, 2.05) is 19.2 Å². The molecule has 94 valence electrons. The Morgan fingerprint density at radius 1 is 1.35 bits per heavy atom. The first-order valence-corrected chi connectivity index (χ1v) is 6.22. The Labute approximate surface area is 103 Å². The molecule has 0 aliphatic heterocycles. The van der Waals surface area contributed by atoms with E-state index in [1.54, 1.807) is 7.11 Å². The maximum absolute atomic E-state index is 5.77. The Morgan fingerprint density at radius 3 is 2.71 bits per heavy atom. The number of ether oxygens (including phenoxy) is 2. The van der Waals surface area contributed by atoms with E-state index >= 15 is 0 Å². The fraction of sp³-hybridized carbons (Fsp3) is 0.571. The zero-order valence-corrected chi connectivity index (χ0v) is 10.8. The van der Waals surface area contributed by atoms with Crippen LogP contribution in [0, 0.1) is 5.92 Å². The first-order valence-electron chi connectivity index (χ1n) is 6.22. The van der Waals surface area contributed by atoms with Crippen LogP contribution < -0.4 is 14.8 Å². The SMILES string of the molecule is CNC(C)c1ccc(OCC2CC2)c(OC)c1. The molecule has 2 rings (SSSR count). The van der Waals surface area contributed by atoms with Crippen molar-refractivity contribution in [3.8, 4) is 11.5 Å². The van der Waals surface area contributed by atoms with Gasteiger partial charge in [-0.05, 0) is 50.4 Å². The Morgan fingerprint density at radius 2 is 2.12 bits per heavy atom. The van der Waals surface area contributed by atoms with Crippen LogP contribution in [0.25, 0.3) is 0 Å². The van der Waals surface area contributed by atoms with Crippen molar-refractivity contribution in [1.82, 2.24) is 5.32 Å². The predicted molar refractivity (Wildman–Crippen MR) is 68.7 cm³/mol. The Bertz CT molecular complexity index is 374. The van der Waals surface area contributed by atoms with Gasteiger partial charge >= 0.3 is 0 Å². The van der Waals surface area contributed by atoms with Crippen LogP contribution in [0.2, 0.25) is 0 Å². The lowest BCUT2D eigenvalue weighted by atomic mass is 10.1. The summed E-state index contributed by atoms with van der Waals surface area (Å²) in [5.41, 5.74) is 1.21. The van der Waals surface area contributed by atoms with E-state index in [1.165, 1.54) is 18.4 Å². The summed E-state index contributed by atoms with van der Waals surface area (Å²) in [6.07, 6.45) is 2.61. The van der Waals surface area contributed by atoms with Crippen molar-refractivity contribution in [3.05, 3.63) is 23.8 Å². The standard InChI is InChI=1S/C14H21NO2/c1-10(15-2)12-6-7-13(14(8-12)16-3)17-9-11-4-5-11/h6-8,10-11,15H,4-5,9H2,1-3H3. The van der Waals surface area contributed by atoms with E-state index in [2.05, 4.69) is 18.3 Å². The maximum Gasteiger partial charge on any atom is 0.161 e. The molecule has 0 amide bonds. The van der Waals surface area contributed by atoms with Gasteiger partial charge in [-0.15, -0.1) is 0 Å². The highest BCUT2D eigenvalue weighted by Crippen LogP contribution is 2.34. The summed E-state index contributed by atoms with van der Waals surface area (Å²) in [6.45, 7) is 2.94. The van der Waals surface area contributed by atoms with E-state index in [-0.39, 0.29) is 0 Å². The minimum absolute atomic E-state index is 0.321. The normalized spacial score (nSPS) is 16.6. The van der Waals surface area contributed by atoms with Crippen LogP contribution in [0.3, 0.4) is 0 Å². The lowest BCUT2D eigenvalue weighted by Gasteiger charge is -2.15. The van der Waals surface area contributed by atoms with E-state index in [0.717, 1.165) is 24.0 Å². The minimum atomic E-state index is 0.321. The summed E-state index contributed by atoms with van der Waals surface area (Å²) >= 11 is 0. The third kappa shape index (κ3) is 3.13. The monoisotopic (exact) mass is 235 g/mol. The van der Waals surface area contributed by atoms with Crippen LogP contribution in [0.1, 0.15) is 31.4 Å². The zero-order chi connectivity index (χ0) is 12.3. The van der Waals surface area contributed by atoms with Gasteiger partial charge in [0.25, 0.3) is 0 Å². The van der Waals surface area contributed by atoms with Crippen LogP contribution in [-0.4, -0.2) is 20.8 Å². The van der Waals surface area contributed by atoms with Gasteiger partial charge in [0.1, 0.15) is 0 Å². The molecule has 1 aromatic carbocycles. The van der Waals surface area contributed by atoms with Gasteiger partial charge in [0.15, 0.2) is 11.5 Å². The average Bonchev–Trinajstić information content (AvgIpc) is 3.19. The molecule has 3 nitrogen and oxygen atoms in total. The van der Waals surface area contributed by atoms with Crippen LogP contribution in [-0.2, 0) is 0 Å². The number of benzene rings is 1. The molecule has 1 saturated carbocycles. The average molecular weight is 235 g/mol. The highest BCUT2D eigenvalue weighted by atomic mass is 16.5. The molecule has 0 aromatic heterocycles. The molecule has 0 heterocycles. The van der Waals surface area contributed by atoms with E-state index in [0.29, 0.717) is 6.04 Å². The molecule has 1 atom stereocenters. The van der Waals surface area contributed by atoms with Crippen molar-refractivity contribution in [2.24, 2.45) is 5.92 Å². The maximum atomic E-state index is 5.77. The van der Waals surface area contributed by atoms with Gasteiger partial charge in [-0.25, -0.2) is 0 Å². The molecule has 1 aliphatic rings. The Balaban J connectivity index is 2.09. The zero-order valence-electron chi connectivity index (χ0n) is 10.8. The van der Waals surface area contributed by atoms with Crippen molar-refractivity contribution in [3.63, 3.8) is 0 Å². The van der Waals surface area contributed by atoms with Crippen LogP contribution in [0.15, 0.2) is 18.2 Å². The van der Waals surface area contributed by atoms with Crippen molar-refractivity contribution >= 4 is 0 Å². The smallest absolute Gasteiger partial charge is 0.161 e. The topological polar surface area (TPSA) is 30.5 Å². The van der Waals surface area contributed by atoms with Crippen molar-refractivity contribution in [2.45, 2.75) is 25.8 Å². The van der Waals surface area contributed by atoms with Gasteiger partial charge in [0.05, 0.1) is 13.7 Å². The largest absolute Gasteiger partial charge is 0.493 e. The summed E-state index contributed by atoms with van der Waals surface area (Å²) < 4.78 is 11.2. The Hall–Kier alpha value is -1.22. The third-order valence-corrected chi connectivity index (χ3v) is 3.29. The first kappa shape index (κ1) is 12.2. The molecule has 1 unspecified atom stereocenters. The fourth-order valence-electron chi connectivity index (χ4n) is 1.73. The summed E-state index contributed by atoms with van der Waals surface area (Å²) in [4.78, 5) is 0. The third-order valence-electron chi connectivity index (χ3n) is 3.29. The molecule has 1 aliphatic carbocycles. The van der Waals surface area contributed by atoms with E-state index < -0.39 is 0 Å². The molecule has 3 heteroatoms. The molecule has 1 aromatic rings. The van der Waals surface area contributed by atoms with Crippen molar-refractivity contribution in [2.75, 3.05) is 20.8 Å². The second-order valence-corrected chi connectivity index (χ2v) is 4.68. The number of hydrogen-bond acceptors (Lipinski definition) is 3. The highest BCUT2D eigenvalue weighted by molar-refractivity contribution is 5.43. The molecule has 1 fully saturated rings. The van der Waals surface area contributed by atoms with Crippen LogP contribution in [0.4, 0.5) is 0 Å². The predicted octanol–water partition coefficient (Wildman–Crippen LogP) is 2.76. The van der Waals surface area contributed by atoms with Crippen LogP contribution in [0.5, 0.6) is 11.5 Å². The van der Waals surface area contributed by atoms with Crippen molar-refractivity contribution < 1.29 is 9.47 Å². The molecule has 0 bridgehead atoms. The lowest BCUT2D eigenvalue weighted by molar-refractivity contribution is 0.280. The van der Waals surface area contributed by atoms with E-state index in [9.17, 15) is 0 Å². The molecular formula is C14H21NO2. The molecule has 0 spiro atoms. The summed E-state index contributed by atoms with van der Waals surface area (Å²) in [7, 11) is 3.64. The number of nitrogens with one attached hydrogen (secondary N) is 1. The molecule has 17 heavy (non-hydrogen) atoms. The quantitative estimate of drug-likeness (QED) is 0.822. The number of methoxy groups -OCH3 is 1. The summed E-state index contributed by atoms with van der Waals surface area (Å²) in [5, 5.41) is 3.22. The molecule has 1 N–H and O–H groups in total. The number of hydrogen-bond donors (Lipinski definition) is 1. The van der Waals surface area contributed by atoms with E-state index in [4.69, 9.17) is 9.47 Å². The van der Waals surface area contributed by atoms with Gasteiger partial charge in [-0.2, -0.15) is 0 Å². The van der Waals surface area contributed by atoms with Gasteiger partial charge in [-0.3, -0.25) is 0 Å². The molecule has 0 saturated heterocycles. The van der Waals surface area contributed by atoms with Crippen molar-refractivity contribution in [1.29, 1.82) is 0 Å². The van der Waals surface area contributed by atoms with Gasteiger partial charge in [0.2, 0.25) is 0 Å². The summed E-state index contributed by atoms with van der Waals surface area (Å²) in [5.74, 6) is 2.44. The van der Waals surface area contributed by atoms with Gasteiger partial charge in [-0.1, -0.05) is 6.07 Å². The Kier molecular flexibility index (Phi) is 3.89. The van der Waals surface area contributed by atoms with Gasteiger partial charge in [0, 0.05) is 6.04 Å². The lowest BCUT2D eigenvalue weighted by Crippen LogP contribution is -2.12. The molecular weight excluding hydrogens is 214 g/mol. The minimum Gasteiger partial charge on any atom is -0.493 e. The second kappa shape index (κ2) is 5.41. The summed E-state index contributed by atoms with van der Waals surface area (Å²) in [6, 6.07) is 6.46. The first-order chi connectivity index (χ1) is 8.24. The van der Waals surface area contributed by atoms with Gasteiger partial charge < -0.3 is 14.8 Å². The highest BCUT2D eigenvalue weighted by Gasteiger charge is 2.22. The molecule has 0 radical (unpaired) electrons. The van der Waals surface area contributed by atoms with Crippen LogP contribution >= 0.6 is 0 Å². The fourth-order valence-corrected chi connectivity index (χ4v) is 1.73. The number of rotatable bonds is 6. The second-order valence-electron chi connectivity index (χ2n) is 4.68.